The van der Waals surface area contributed by atoms with Crippen molar-refractivity contribution < 1.29 is 14.4 Å². The number of rotatable bonds is 1. The van der Waals surface area contributed by atoms with Gasteiger partial charge in [-0.3, -0.25) is 0 Å². The first kappa shape index (κ1) is 8.04. The lowest BCUT2D eigenvalue weighted by Gasteiger charge is -2.11. The molecular formula is C7H11NO3. The molecule has 11 heavy (non-hydrogen) atoms. The van der Waals surface area contributed by atoms with E-state index in [1.165, 1.54) is 7.11 Å². The fourth-order valence-electron chi connectivity index (χ4n) is 0.911. The molecule has 0 saturated carbocycles. The van der Waals surface area contributed by atoms with Crippen LogP contribution >= 0.6 is 0 Å². The summed E-state index contributed by atoms with van der Waals surface area (Å²) in [4.78, 5) is 15.5. The lowest BCUT2D eigenvalue weighted by Crippen LogP contribution is -2.24. The summed E-state index contributed by atoms with van der Waals surface area (Å²) in [6, 6.07) is 0. The largest absolute Gasteiger partial charge is 0.460 e. The molecule has 0 atom stereocenters. The Balaban J connectivity index is 2.89. The fourth-order valence-corrected chi connectivity index (χ4v) is 0.911. The second-order valence-corrected chi connectivity index (χ2v) is 3.08. The van der Waals surface area contributed by atoms with Crippen LogP contribution in [0.4, 0.5) is 0 Å². The van der Waals surface area contributed by atoms with Gasteiger partial charge in [0.05, 0.1) is 5.41 Å². The van der Waals surface area contributed by atoms with Crippen molar-refractivity contribution in [3.05, 3.63) is 0 Å². The summed E-state index contributed by atoms with van der Waals surface area (Å²) < 4.78 is 4.78. The van der Waals surface area contributed by atoms with Gasteiger partial charge in [-0.25, -0.2) is 4.79 Å². The van der Waals surface area contributed by atoms with Gasteiger partial charge in [0, 0.05) is 0 Å². The molecule has 1 rings (SSSR count). The molecule has 0 radical (unpaired) electrons. The van der Waals surface area contributed by atoms with E-state index in [4.69, 9.17) is 4.74 Å². The molecule has 0 aliphatic carbocycles. The van der Waals surface area contributed by atoms with Crippen LogP contribution in [-0.4, -0.2) is 25.4 Å². The monoisotopic (exact) mass is 157 g/mol. The van der Waals surface area contributed by atoms with Crippen LogP contribution in [-0.2, 0) is 14.4 Å². The first-order valence-electron chi connectivity index (χ1n) is 3.36. The minimum atomic E-state index is -0.378. The number of oxime groups is 1. The highest BCUT2D eigenvalue weighted by Crippen LogP contribution is 2.25. The normalized spacial score (nSPS) is 25.4. The van der Waals surface area contributed by atoms with Crippen LogP contribution in [0.3, 0.4) is 0 Å². The molecule has 0 aromatic carbocycles. The molecule has 1 heterocycles. The quantitative estimate of drug-likeness (QED) is 0.413. The number of carbonyl (C=O) groups excluding carboxylic acids is 1. The van der Waals surface area contributed by atoms with Crippen molar-refractivity contribution in [2.24, 2.45) is 10.6 Å². The molecule has 0 amide bonds. The number of hydrogen-bond acceptors (Lipinski definition) is 4. The minimum Gasteiger partial charge on any atom is -0.460 e. The standard InChI is InChI=1S/C7H11NO3/c1-7(2)4-11-6(9)5(7)8-10-3/h4H2,1-3H3/b8-5-. The number of esters is 1. The van der Waals surface area contributed by atoms with Gasteiger partial charge < -0.3 is 9.57 Å². The number of nitrogens with zero attached hydrogens (tertiary/aromatic N) is 1. The third-order valence-corrected chi connectivity index (χ3v) is 1.58. The lowest BCUT2D eigenvalue weighted by molar-refractivity contribution is -0.133. The van der Waals surface area contributed by atoms with E-state index in [2.05, 4.69) is 9.99 Å². The number of ether oxygens (including phenoxy) is 1. The molecule has 0 spiro atoms. The number of cyclic esters (lactones) is 1. The zero-order valence-corrected chi connectivity index (χ0v) is 6.88. The molecule has 1 aliphatic rings. The minimum absolute atomic E-state index is 0.312. The summed E-state index contributed by atoms with van der Waals surface area (Å²) >= 11 is 0. The van der Waals surface area contributed by atoms with Gasteiger partial charge in [-0.1, -0.05) is 19.0 Å². The molecule has 4 heteroatoms. The van der Waals surface area contributed by atoms with Crippen molar-refractivity contribution in [3.8, 4) is 0 Å². The maximum atomic E-state index is 10.9. The van der Waals surface area contributed by atoms with Gasteiger partial charge >= 0.3 is 5.97 Å². The van der Waals surface area contributed by atoms with Gasteiger partial charge in [0.1, 0.15) is 13.7 Å². The summed E-state index contributed by atoms with van der Waals surface area (Å²) in [5.41, 5.74) is 0.0487. The zero-order valence-electron chi connectivity index (χ0n) is 6.88. The van der Waals surface area contributed by atoms with Crippen LogP contribution in [0.15, 0.2) is 5.16 Å². The van der Waals surface area contributed by atoms with Crippen LogP contribution in [0.5, 0.6) is 0 Å². The van der Waals surface area contributed by atoms with Gasteiger partial charge in [-0.2, -0.15) is 0 Å². The van der Waals surface area contributed by atoms with E-state index in [9.17, 15) is 4.79 Å². The average molecular weight is 157 g/mol. The highest BCUT2D eigenvalue weighted by Gasteiger charge is 2.40. The van der Waals surface area contributed by atoms with Gasteiger partial charge in [0.2, 0.25) is 0 Å². The second-order valence-electron chi connectivity index (χ2n) is 3.08. The predicted octanol–water partition coefficient (Wildman–Crippen LogP) is 0.572. The molecule has 0 aromatic heterocycles. The summed E-state index contributed by atoms with van der Waals surface area (Å²) in [6.45, 7) is 4.15. The van der Waals surface area contributed by atoms with Crippen LogP contribution in [0.2, 0.25) is 0 Å². The number of hydrogen-bond donors (Lipinski definition) is 0. The molecule has 1 saturated heterocycles. The predicted molar refractivity (Wildman–Crippen MR) is 39.2 cm³/mol. The Morgan fingerprint density at radius 3 is 2.64 bits per heavy atom. The van der Waals surface area contributed by atoms with Crippen molar-refractivity contribution in [2.75, 3.05) is 13.7 Å². The van der Waals surface area contributed by atoms with Gasteiger partial charge in [-0.05, 0) is 0 Å². The maximum absolute atomic E-state index is 10.9. The first-order valence-corrected chi connectivity index (χ1v) is 3.36. The van der Waals surface area contributed by atoms with E-state index >= 15 is 0 Å². The fraction of sp³-hybridized carbons (Fsp3) is 0.714. The van der Waals surface area contributed by atoms with Crippen molar-refractivity contribution in [3.63, 3.8) is 0 Å². The Bertz CT molecular complexity index is 208. The molecule has 0 bridgehead atoms. The third kappa shape index (κ3) is 1.34. The Hall–Kier alpha value is -1.06. The van der Waals surface area contributed by atoms with Crippen LogP contribution < -0.4 is 0 Å². The average Bonchev–Trinajstić information content (AvgIpc) is 2.16. The van der Waals surface area contributed by atoms with Crippen molar-refractivity contribution in [2.45, 2.75) is 13.8 Å². The molecule has 1 aliphatic heterocycles. The Kier molecular flexibility index (Phi) is 1.85. The van der Waals surface area contributed by atoms with Gasteiger partial charge in [0.25, 0.3) is 0 Å². The Morgan fingerprint density at radius 2 is 2.27 bits per heavy atom. The van der Waals surface area contributed by atoms with E-state index in [1.807, 2.05) is 13.8 Å². The topological polar surface area (TPSA) is 47.9 Å². The molecule has 1 fully saturated rings. The molecule has 4 nitrogen and oxygen atoms in total. The summed E-state index contributed by atoms with van der Waals surface area (Å²) in [7, 11) is 1.41. The highest BCUT2D eigenvalue weighted by molar-refractivity contribution is 6.39. The highest BCUT2D eigenvalue weighted by atomic mass is 16.6. The molecule has 62 valence electrons. The SMILES string of the molecule is CO/N=C1/C(=O)OCC1(C)C. The molecule has 0 N–H and O–H groups in total. The van der Waals surface area contributed by atoms with Crippen LogP contribution in [0, 0.1) is 5.41 Å². The zero-order chi connectivity index (χ0) is 8.48. The maximum Gasteiger partial charge on any atom is 0.356 e. The molecule has 0 aromatic rings. The van der Waals surface area contributed by atoms with Crippen molar-refractivity contribution in [1.29, 1.82) is 0 Å². The van der Waals surface area contributed by atoms with Crippen molar-refractivity contribution in [1.82, 2.24) is 0 Å². The molecule has 0 unspecified atom stereocenters. The Labute approximate surface area is 65.2 Å². The second kappa shape index (κ2) is 2.53. The van der Waals surface area contributed by atoms with E-state index < -0.39 is 0 Å². The van der Waals surface area contributed by atoms with E-state index in [1.54, 1.807) is 0 Å². The van der Waals surface area contributed by atoms with Gasteiger partial charge in [-0.15, -0.1) is 0 Å². The Morgan fingerprint density at radius 1 is 1.64 bits per heavy atom. The summed E-state index contributed by atoms with van der Waals surface area (Å²) in [5, 5.41) is 3.60. The van der Waals surface area contributed by atoms with Crippen molar-refractivity contribution >= 4 is 11.7 Å². The van der Waals surface area contributed by atoms with Crippen LogP contribution in [0.25, 0.3) is 0 Å². The lowest BCUT2D eigenvalue weighted by atomic mass is 9.91. The summed E-state index contributed by atoms with van der Waals surface area (Å²) in [6.07, 6.45) is 0. The van der Waals surface area contributed by atoms with Gasteiger partial charge in [0.15, 0.2) is 5.71 Å². The van der Waals surface area contributed by atoms with Crippen LogP contribution in [0.1, 0.15) is 13.8 Å². The summed E-state index contributed by atoms with van der Waals surface area (Å²) in [5.74, 6) is -0.378. The van der Waals surface area contributed by atoms with E-state index in [0.717, 1.165) is 0 Å². The third-order valence-electron chi connectivity index (χ3n) is 1.58. The smallest absolute Gasteiger partial charge is 0.356 e. The molecular weight excluding hydrogens is 146 g/mol. The number of carbonyl (C=O) groups is 1. The van der Waals surface area contributed by atoms with E-state index in [0.29, 0.717) is 12.3 Å². The van der Waals surface area contributed by atoms with E-state index in [-0.39, 0.29) is 11.4 Å². The first-order chi connectivity index (χ1) is 5.08.